The van der Waals surface area contributed by atoms with E-state index < -0.39 is 6.10 Å². The van der Waals surface area contributed by atoms with E-state index in [1.165, 1.54) is 0 Å². The summed E-state index contributed by atoms with van der Waals surface area (Å²) in [4.78, 5) is 27.3. The fourth-order valence-corrected chi connectivity index (χ4v) is 3.14. The Hall–Kier alpha value is -2.57. The lowest BCUT2D eigenvalue weighted by atomic mass is 10.1. The maximum atomic E-state index is 12.8. The quantitative estimate of drug-likeness (QED) is 0.801. The predicted octanol–water partition coefficient (Wildman–Crippen LogP) is 3.61. The molecule has 0 radical (unpaired) electrons. The van der Waals surface area contributed by atoms with E-state index in [-0.39, 0.29) is 11.8 Å². The molecule has 0 unspecified atom stereocenters. The molecule has 3 rings (SSSR count). The van der Waals surface area contributed by atoms with Crippen molar-refractivity contribution in [2.24, 2.45) is 0 Å². The summed E-state index contributed by atoms with van der Waals surface area (Å²) in [6, 6.07) is 13.9. The van der Waals surface area contributed by atoms with Gasteiger partial charge < -0.3 is 19.7 Å². The molecule has 1 fully saturated rings. The number of para-hydroxylation sites is 1. The van der Waals surface area contributed by atoms with E-state index in [2.05, 4.69) is 5.32 Å². The van der Waals surface area contributed by atoms with Crippen LogP contribution in [0.3, 0.4) is 0 Å². The van der Waals surface area contributed by atoms with Gasteiger partial charge in [-0.1, -0.05) is 36.7 Å². The number of anilines is 1. The number of nitrogens with one attached hydrogen (secondary N) is 1. The Labute approximate surface area is 169 Å². The molecule has 148 valence electrons. The number of rotatable bonds is 6. The van der Waals surface area contributed by atoms with Gasteiger partial charge in [0.2, 0.25) is 0 Å². The summed E-state index contributed by atoms with van der Waals surface area (Å²) >= 11 is 5.98. The number of hydrogen-bond acceptors (Lipinski definition) is 4. The van der Waals surface area contributed by atoms with Crippen LogP contribution in [0, 0.1) is 0 Å². The second kappa shape index (κ2) is 9.57. The van der Waals surface area contributed by atoms with Crippen LogP contribution in [0.15, 0.2) is 48.5 Å². The topological polar surface area (TPSA) is 67.9 Å². The number of halogens is 1. The van der Waals surface area contributed by atoms with Crippen molar-refractivity contribution in [3.63, 3.8) is 0 Å². The normalized spacial score (nSPS) is 15.0. The zero-order valence-corrected chi connectivity index (χ0v) is 16.4. The van der Waals surface area contributed by atoms with Crippen LogP contribution in [-0.2, 0) is 9.53 Å². The predicted molar refractivity (Wildman–Crippen MR) is 108 cm³/mol. The highest BCUT2D eigenvalue weighted by Gasteiger charge is 2.24. The second-order valence-electron chi connectivity index (χ2n) is 6.41. The van der Waals surface area contributed by atoms with Crippen molar-refractivity contribution < 1.29 is 19.1 Å². The van der Waals surface area contributed by atoms with Gasteiger partial charge in [-0.2, -0.15) is 0 Å². The zero-order chi connectivity index (χ0) is 19.9. The highest BCUT2D eigenvalue weighted by Crippen LogP contribution is 2.22. The van der Waals surface area contributed by atoms with Crippen LogP contribution in [0.5, 0.6) is 5.75 Å². The Bertz CT molecular complexity index is 837. The molecule has 1 heterocycles. The summed E-state index contributed by atoms with van der Waals surface area (Å²) in [5, 5.41) is 3.38. The summed E-state index contributed by atoms with van der Waals surface area (Å²) in [7, 11) is 0. The van der Waals surface area contributed by atoms with Gasteiger partial charge in [-0.3, -0.25) is 9.59 Å². The first-order valence-electron chi connectivity index (χ1n) is 9.27. The molecule has 1 N–H and O–H groups in total. The highest BCUT2D eigenvalue weighted by molar-refractivity contribution is 6.30. The van der Waals surface area contributed by atoms with E-state index in [9.17, 15) is 9.59 Å². The third-order valence-corrected chi connectivity index (χ3v) is 4.69. The Balaban J connectivity index is 1.73. The van der Waals surface area contributed by atoms with Gasteiger partial charge in [0.15, 0.2) is 6.10 Å². The molecule has 2 amide bonds. The Morgan fingerprint density at radius 2 is 1.93 bits per heavy atom. The van der Waals surface area contributed by atoms with E-state index in [0.717, 1.165) is 0 Å². The molecule has 0 spiro atoms. The van der Waals surface area contributed by atoms with Crippen molar-refractivity contribution in [2.75, 3.05) is 31.6 Å². The van der Waals surface area contributed by atoms with Gasteiger partial charge in [-0.05, 0) is 36.8 Å². The molecule has 0 bridgehead atoms. The summed E-state index contributed by atoms with van der Waals surface area (Å²) < 4.78 is 11.1. The minimum atomic E-state index is -0.704. The number of hydrogen-bond donors (Lipinski definition) is 1. The SMILES string of the molecule is CC[C@H](Oc1cccc(Cl)c1)C(=O)Nc1ccccc1C(=O)N1CCOCC1. The van der Waals surface area contributed by atoms with Crippen LogP contribution in [0.1, 0.15) is 23.7 Å². The third kappa shape index (κ3) is 5.03. The minimum Gasteiger partial charge on any atom is -0.481 e. The number of carbonyl (C=O) groups is 2. The smallest absolute Gasteiger partial charge is 0.265 e. The maximum absolute atomic E-state index is 12.8. The Morgan fingerprint density at radius 1 is 1.18 bits per heavy atom. The lowest BCUT2D eigenvalue weighted by Gasteiger charge is -2.27. The van der Waals surface area contributed by atoms with Crippen LogP contribution in [0.2, 0.25) is 5.02 Å². The van der Waals surface area contributed by atoms with Gasteiger partial charge in [-0.25, -0.2) is 0 Å². The summed E-state index contributed by atoms with van der Waals surface area (Å²) in [6.45, 7) is 3.98. The molecule has 6 nitrogen and oxygen atoms in total. The Kier molecular flexibility index (Phi) is 6.90. The average molecular weight is 403 g/mol. The number of benzene rings is 2. The van der Waals surface area contributed by atoms with Crippen molar-refractivity contribution in [1.29, 1.82) is 0 Å². The first-order chi connectivity index (χ1) is 13.6. The van der Waals surface area contributed by atoms with E-state index in [1.54, 1.807) is 53.4 Å². The van der Waals surface area contributed by atoms with Crippen LogP contribution in [0.25, 0.3) is 0 Å². The molecule has 0 aromatic heterocycles. The number of morpholine rings is 1. The summed E-state index contributed by atoms with van der Waals surface area (Å²) in [5.74, 6) is 0.0832. The standard InChI is InChI=1S/C21H23ClN2O4/c1-2-19(28-16-7-5-6-15(22)14-16)20(25)23-18-9-4-3-8-17(18)21(26)24-10-12-27-13-11-24/h3-9,14,19H,2,10-13H2,1H3,(H,23,25)/t19-/m0/s1. The maximum Gasteiger partial charge on any atom is 0.265 e. The molecule has 1 aliphatic heterocycles. The summed E-state index contributed by atoms with van der Waals surface area (Å²) in [6.07, 6.45) is -0.234. The molecule has 28 heavy (non-hydrogen) atoms. The van der Waals surface area contributed by atoms with Crippen molar-refractivity contribution in [3.8, 4) is 5.75 Å². The van der Waals surface area contributed by atoms with Crippen LogP contribution in [-0.4, -0.2) is 49.1 Å². The number of ether oxygens (including phenoxy) is 2. The zero-order valence-electron chi connectivity index (χ0n) is 15.7. The lowest BCUT2D eigenvalue weighted by Crippen LogP contribution is -2.41. The van der Waals surface area contributed by atoms with Gasteiger partial charge in [0.05, 0.1) is 24.5 Å². The average Bonchev–Trinajstić information content (AvgIpc) is 2.72. The van der Waals surface area contributed by atoms with Crippen molar-refractivity contribution in [3.05, 3.63) is 59.1 Å². The molecular formula is C21H23ClN2O4. The molecule has 1 saturated heterocycles. The number of carbonyl (C=O) groups excluding carboxylic acids is 2. The number of amides is 2. The van der Waals surface area contributed by atoms with E-state index in [0.29, 0.717) is 54.7 Å². The van der Waals surface area contributed by atoms with E-state index >= 15 is 0 Å². The second-order valence-corrected chi connectivity index (χ2v) is 6.85. The van der Waals surface area contributed by atoms with Crippen molar-refractivity contribution in [2.45, 2.75) is 19.4 Å². The van der Waals surface area contributed by atoms with Crippen LogP contribution in [0.4, 0.5) is 5.69 Å². The van der Waals surface area contributed by atoms with Gasteiger partial charge in [0.25, 0.3) is 11.8 Å². The first-order valence-corrected chi connectivity index (χ1v) is 9.65. The first kappa shape index (κ1) is 20.2. The van der Waals surface area contributed by atoms with Gasteiger partial charge in [-0.15, -0.1) is 0 Å². The van der Waals surface area contributed by atoms with Crippen LogP contribution < -0.4 is 10.1 Å². The molecule has 2 aromatic carbocycles. The molecule has 1 atom stereocenters. The van der Waals surface area contributed by atoms with E-state index in [1.807, 2.05) is 6.92 Å². The molecule has 2 aromatic rings. The van der Waals surface area contributed by atoms with Crippen LogP contribution >= 0.6 is 11.6 Å². The van der Waals surface area contributed by atoms with Gasteiger partial charge in [0.1, 0.15) is 5.75 Å². The Morgan fingerprint density at radius 3 is 2.64 bits per heavy atom. The fraction of sp³-hybridized carbons (Fsp3) is 0.333. The molecule has 0 saturated carbocycles. The van der Waals surface area contributed by atoms with E-state index in [4.69, 9.17) is 21.1 Å². The largest absolute Gasteiger partial charge is 0.481 e. The van der Waals surface area contributed by atoms with Gasteiger partial charge >= 0.3 is 0 Å². The molecule has 1 aliphatic rings. The van der Waals surface area contributed by atoms with Crippen molar-refractivity contribution in [1.82, 2.24) is 4.90 Å². The highest BCUT2D eigenvalue weighted by atomic mass is 35.5. The third-order valence-electron chi connectivity index (χ3n) is 4.45. The summed E-state index contributed by atoms with van der Waals surface area (Å²) in [5.41, 5.74) is 0.924. The molecule has 7 heteroatoms. The fourth-order valence-electron chi connectivity index (χ4n) is 2.96. The van der Waals surface area contributed by atoms with Gasteiger partial charge in [0, 0.05) is 18.1 Å². The molecule has 0 aliphatic carbocycles. The van der Waals surface area contributed by atoms with Crippen molar-refractivity contribution >= 4 is 29.1 Å². The minimum absolute atomic E-state index is 0.122. The lowest BCUT2D eigenvalue weighted by molar-refractivity contribution is -0.122. The monoisotopic (exact) mass is 402 g/mol. The molecular weight excluding hydrogens is 380 g/mol. The number of nitrogens with zero attached hydrogens (tertiary/aromatic N) is 1.